The molecule has 1 amide bonds. The molecule has 4 nitrogen and oxygen atoms in total. The van der Waals surface area contributed by atoms with Crippen molar-refractivity contribution in [1.82, 2.24) is 5.32 Å². The van der Waals surface area contributed by atoms with E-state index in [9.17, 15) is 14.7 Å². The maximum atomic E-state index is 12.2. The van der Waals surface area contributed by atoms with Crippen LogP contribution in [0.1, 0.15) is 44.2 Å². The van der Waals surface area contributed by atoms with Crippen LogP contribution in [0.5, 0.6) is 0 Å². The monoisotopic (exact) mass is 275 g/mol. The van der Waals surface area contributed by atoms with Gasteiger partial charge in [0.25, 0.3) is 0 Å². The van der Waals surface area contributed by atoms with E-state index in [2.05, 4.69) is 12.2 Å². The predicted octanol–water partition coefficient (Wildman–Crippen LogP) is 2.75. The van der Waals surface area contributed by atoms with Crippen molar-refractivity contribution in [3.63, 3.8) is 0 Å². The number of benzene rings is 1. The van der Waals surface area contributed by atoms with Gasteiger partial charge in [-0.2, -0.15) is 0 Å². The van der Waals surface area contributed by atoms with E-state index in [4.69, 9.17) is 0 Å². The van der Waals surface area contributed by atoms with Crippen LogP contribution in [-0.2, 0) is 9.59 Å². The van der Waals surface area contributed by atoms with Crippen LogP contribution < -0.4 is 5.32 Å². The Hall–Kier alpha value is -1.84. The van der Waals surface area contributed by atoms with Gasteiger partial charge in [0.15, 0.2) is 6.04 Å². The molecule has 0 radical (unpaired) electrons. The number of amides is 1. The lowest BCUT2D eigenvalue weighted by Gasteiger charge is -2.26. The number of hydrogen-bond donors (Lipinski definition) is 2. The van der Waals surface area contributed by atoms with E-state index >= 15 is 0 Å². The van der Waals surface area contributed by atoms with Crippen LogP contribution >= 0.6 is 0 Å². The van der Waals surface area contributed by atoms with Crippen molar-refractivity contribution in [3.8, 4) is 0 Å². The highest BCUT2D eigenvalue weighted by atomic mass is 16.4. The summed E-state index contributed by atoms with van der Waals surface area (Å²) >= 11 is 0. The molecule has 1 saturated carbocycles. The lowest BCUT2D eigenvalue weighted by molar-refractivity contribution is -0.143. The van der Waals surface area contributed by atoms with Crippen LogP contribution in [0.4, 0.5) is 0 Å². The zero-order chi connectivity index (χ0) is 14.5. The highest BCUT2D eigenvalue weighted by molar-refractivity contribution is 5.85. The van der Waals surface area contributed by atoms with Crippen LogP contribution in [-0.4, -0.2) is 17.0 Å². The van der Waals surface area contributed by atoms with Crippen molar-refractivity contribution < 1.29 is 14.7 Å². The van der Waals surface area contributed by atoms with Crippen molar-refractivity contribution in [2.75, 3.05) is 0 Å². The second-order valence-corrected chi connectivity index (χ2v) is 5.65. The number of carboxylic acid groups (broad SMARTS) is 1. The maximum Gasteiger partial charge on any atom is 0.330 e. The van der Waals surface area contributed by atoms with Crippen molar-refractivity contribution in [2.24, 2.45) is 11.8 Å². The summed E-state index contributed by atoms with van der Waals surface area (Å²) < 4.78 is 0. The summed E-state index contributed by atoms with van der Waals surface area (Å²) in [6.07, 6.45) is 3.80. The summed E-state index contributed by atoms with van der Waals surface area (Å²) in [5.74, 6) is -0.526. The minimum atomic E-state index is -1.02. The molecule has 1 aliphatic rings. The molecule has 1 aromatic rings. The fraction of sp³-hybridized carbons (Fsp3) is 0.500. The normalized spacial score (nSPS) is 23.9. The third-order valence-electron chi connectivity index (χ3n) is 4.05. The Morgan fingerprint density at radius 3 is 2.30 bits per heavy atom. The number of rotatable bonds is 4. The molecule has 2 rings (SSSR count). The van der Waals surface area contributed by atoms with Gasteiger partial charge in [-0.25, -0.2) is 4.79 Å². The van der Waals surface area contributed by atoms with Crippen LogP contribution in [0.3, 0.4) is 0 Å². The Morgan fingerprint density at radius 2 is 1.75 bits per heavy atom. The minimum Gasteiger partial charge on any atom is -0.479 e. The maximum absolute atomic E-state index is 12.2. The molecule has 0 heterocycles. The molecule has 0 spiro atoms. The Labute approximate surface area is 119 Å². The molecule has 0 unspecified atom stereocenters. The molecule has 1 aliphatic carbocycles. The molecule has 2 N–H and O–H groups in total. The molecular weight excluding hydrogens is 254 g/mol. The highest BCUT2D eigenvalue weighted by Gasteiger charge is 2.28. The zero-order valence-electron chi connectivity index (χ0n) is 11.7. The molecule has 0 aliphatic heterocycles. The fourth-order valence-electron chi connectivity index (χ4n) is 2.72. The first-order valence-electron chi connectivity index (χ1n) is 7.16. The van der Waals surface area contributed by atoms with Crippen molar-refractivity contribution >= 4 is 11.9 Å². The van der Waals surface area contributed by atoms with Gasteiger partial charge in [0.05, 0.1) is 0 Å². The molecule has 0 bridgehead atoms. The summed E-state index contributed by atoms with van der Waals surface area (Å²) in [6, 6.07) is 7.87. The molecule has 0 aromatic heterocycles. The van der Waals surface area contributed by atoms with Gasteiger partial charge in [-0.15, -0.1) is 0 Å². The van der Waals surface area contributed by atoms with E-state index in [0.29, 0.717) is 11.5 Å². The number of nitrogens with one attached hydrogen (secondary N) is 1. The Kier molecular flexibility index (Phi) is 4.77. The summed E-state index contributed by atoms with van der Waals surface area (Å²) in [4.78, 5) is 23.6. The van der Waals surface area contributed by atoms with Gasteiger partial charge in [0.2, 0.25) is 5.91 Å². The number of carbonyl (C=O) groups excluding carboxylic acids is 1. The minimum absolute atomic E-state index is 0.0447. The zero-order valence-corrected chi connectivity index (χ0v) is 11.7. The van der Waals surface area contributed by atoms with E-state index in [1.807, 2.05) is 6.07 Å². The molecule has 1 fully saturated rings. The van der Waals surface area contributed by atoms with E-state index in [-0.39, 0.29) is 11.8 Å². The third-order valence-corrected chi connectivity index (χ3v) is 4.05. The highest BCUT2D eigenvalue weighted by Crippen LogP contribution is 2.29. The quantitative estimate of drug-likeness (QED) is 0.888. The molecule has 1 atom stereocenters. The second kappa shape index (κ2) is 6.55. The third kappa shape index (κ3) is 3.59. The molecular formula is C16H21NO3. The molecule has 1 aromatic carbocycles. The summed E-state index contributed by atoms with van der Waals surface area (Å²) in [6.45, 7) is 2.19. The molecule has 4 heteroatoms. The van der Waals surface area contributed by atoms with E-state index in [1.165, 1.54) is 0 Å². The predicted molar refractivity (Wildman–Crippen MR) is 76.1 cm³/mol. The second-order valence-electron chi connectivity index (χ2n) is 5.65. The van der Waals surface area contributed by atoms with E-state index in [0.717, 1.165) is 25.7 Å². The number of carboxylic acids is 1. The van der Waals surface area contributed by atoms with Gasteiger partial charge < -0.3 is 10.4 Å². The summed E-state index contributed by atoms with van der Waals surface area (Å²) in [7, 11) is 0. The van der Waals surface area contributed by atoms with Crippen LogP contribution in [0.15, 0.2) is 30.3 Å². The summed E-state index contributed by atoms with van der Waals surface area (Å²) in [5.41, 5.74) is 0.609. The average molecular weight is 275 g/mol. The van der Waals surface area contributed by atoms with Crippen molar-refractivity contribution in [2.45, 2.75) is 38.6 Å². The number of aliphatic carboxylic acids is 1. The lowest BCUT2D eigenvalue weighted by Crippen LogP contribution is -2.38. The lowest BCUT2D eigenvalue weighted by atomic mass is 9.82. The Morgan fingerprint density at radius 1 is 1.15 bits per heavy atom. The van der Waals surface area contributed by atoms with Gasteiger partial charge in [-0.05, 0) is 37.2 Å². The SMILES string of the molecule is CC1CCC(C(=O)N[C@H](C(=O)O)c2ccccc2)CC1. The van der Waals surface area contributed by atoms with Gasteiger partial charge in [-0.1, -0.05) is 37.3 Å². The Bertz CT molecular complexity index is 464. The molecule has 108 valence electrons. The van der Waals surface area contributed by atoms with Crippen molar-refractivity contribution in [3.05, 3.63) is 35.9 Å². The Balaban J connectivity index is 2.02. The first-order chi connectivity index (χ1) is 9.58. The van der Waals surface area contributed by atoms with Gasteiger partial charge in [-0.3, -0.25) is 4.79 Å². The number of hydrogen-bond acceptors (Lipinski definition) is 2. The average Bonchev–Trinajstić information content (AvgIpc) is 2.46. The van der Waals surface area contributed by atoms with Crippen LogP contribution in [0.25, 0.3) is 0 Å². The van der Waals surface area contributed by atoms with E-state index in [1.54, 1.807) is 24.3 Å². The fourth-order valence-corrected chi connectivity index (χ4v) is 2.72. The van der Waals surface area contributed by atoms with Gasteiger partial charge in [0, 0.05) is 5.92 Å². The first-order valence-corrected chi connectivity index (χ1v) is 7.16. The number of carbonyl (C=O) groups is 2. The van der Waals surface area contributed by atoms with Gasteiger partial charge >= 0.3 is 5.97 Å². The van der Waals surface area contributed by atoms with E-state index < -0.39 is 12.0 Å². The molecule has 0 saturated heterocycles. The van der Waals surface area contributed by atoms with Crippen LogP contribution in [0.2, 0.25) is 0 Å². The largest absolute Gasteiger partial charge is 0.479 e. The van der Waals surface area contributed by atoms with Crippen LogP contribution in [0, 0.1) is 11.8 Å². The first kappa shape index (κ1) is 14.6. The molecule has 20 heavy (non-hydrogen) atoms. The summed E-state index contributed by atoms with van der Waals surface area (Å²) in [5, 5.41) is 12.0. The smallest absolute Gasteiger partial charge is 0.330 e. The topological polar surface area (TPSA) is 66.4 Å². The van der Waals surface area contributed by atoms with Gasteiger partial charge in [0.1, 0.15) is 0 Å². The standard InChI is InChI=1S/C16H21NO3/c1-11-7-9-13(10-8-11)15(18)17-14(16(19)20)12-5-3-2-4-6-12/h2-6,11,13-14H,7-10H2,1H3,(H,17,18)(H,19,20)/t11?,13?,14-/m0/s1. The van der Waals surface area contributed by atoms with Crippen molar-refractivity contribution in [1.29, 1.82) is 0 Å².